The fourth-order valence-electron chi connectivity index (χ4n) is 2.46. The van der Waals surface area contributed by atoms with Crippen LogP contribution in [0.2, 0.25) is 0 Å². The van der Waals surface area contributed by atoms with Crippen molar-refractivity contribution in [3.05, 3.63) is 54.4 Å². The van der Waals surface area contributed by atoms with Gasteiger partial charge in [-0.05, 0) is 37.6 Å². The van der Waals surface area contributed by atoms with Crippen LogP contribution in [0.3, 0.4) is 0 Å². The number of hydrogen-bond acceptors (Lipinski definition) is 5. The number of amides is 1. The number of aromatic nitrogens is 4. The van der Waals surface area contributed by atoms with Gasteiger partial charge in [-0.3, -0.25) is 14.3 Å². The zero-order valence-corrected chi connectivity index (χ0v) is 15.0. The van der Waals surface area contributed by atoms with Gasteiger partial charge in [-0.25, -0.2) is 0 Å². The van der Waals surface area contributed by atoms with Crippen LogP contribution in [0.5, 0.6) is 0 Å². The van der Waals surface area contributed by atoms with Gasteiger partial charge in [0, 0.05) is 24.5 Å². The van der Waals surface area contributed by atoms with Crippen molar-refractivity contribution in [1.82, 2.24) is 25.1 Å². The maximum absolute atomic E-state index is 11.8. The molecule has 2 heterocycles. The molecule has 0 bridgehead atoms. The molecule has 25 heavy (non-hydrogen) atoms. The quantitative estimate of drug-likeness (QED) is 0.690. The van der Waals surface area contributed by atoms with Crippen LogP contribution in [0.1, 0.15) is 12.5 Å². The van der Waals surface area contributed by atoms with E-state index in [0.29, 0.717) is 17.5 Å². The first-order valence-electron chi connectivity index (χ1n) is 8.02. The number of carbonyl (C=O) groups is 1. The lowest BCUT2D eigenvalue weighted by molar-refractivity contribution is -0.118. The summed E-state index contributed by atoms with van der Waals surface area (Å²) in [6.07, 6.45) is 3.46. The number of thioether (sulfide) groups is 1. The van der Waals surface area contributed by atoms with Gasteiger partial charge in [-0.15, -0.1) is 10.2 Å². The van der Waals surface area contributed by atoms with Gasteiger partial charge in [0.1, 0.15) is 0 Å². The van der Waals surface area contributed by atoms with Crippen molar-refractivity contribution in [3.8, 4) is 17.1 Å². The zero-order valence-electron chi connectivity index (χ0n) is 14.1. The molecule has 2 aromatic heterocycles. The summed E-state index contributed by atoms with van der Waals surface area (Å²) in [6, 6.07) is 11.9. The number of para-hydroxylation sites is 1. The highest BCUT2D eigenvalue weighted by Crippen LogP contribution is 2.29. The summed E-state index contributed by atoms with van der Waals surface area (Å²) in [5.41, 5.74) is 3.03. The van der Waals surface area contributed by atoms with E-state index in [1.54, 1.807) is 12.4 Å². The molecule has 7 heteroatoms. The minimum atomic E-state index is -0.0164. The molecule has 128 valence electrons. The first-order chi connectivity index (χ1) is 12.2. The van der Waals surface area contributed by atoms with Crippen LogP contribution in [0.25, 0.3) is 17.1 Å². The third kappa shape index (κ3) is 3.88. The number of carbonyl (C=O) groups excluding carboxylic acids is 1. The fraction of sp³-hybridized carbons (Fsp3) is 0.222. The Bertz CT molecular complexity index is 863. The Morgan fingerprint density at radius 1 is 1.16 bits per heavy atom. The molecule has 1 N–H and O–H groups in total. The van der Waals surface area contributed by atoms with Gasteiger partial charge in [-0.2, -0.15) is 0 Å². The number of benzene rings is 1. The van der Waals surface area contributed by atoms with Crippen molar-refractivity contribution in [1.29, 1.82) is 0 Å². The number of rotatable bonds is 6. The van der Waals surface area contributed by atoms with E-state index in [-0.39, 0.29) is 5.91 Å². The fourth-order valence-corrected chi connectivity index (χ4v) is 3.24. The van der Waals surface area contributed by atoms with Gasteiger partial charge in [0.15, 0.2) is 11.0 Å². The van der Waals surface area contributed by atoms with E-state index in [0.717, 1.165) is 22.6 Å². The average Bonchev–Trinajstić information content (AvgIpc) is 3.05. The summed E-state index contributed by atoms with van der Waals surface area (Å²) in [7, 11) is 0. The van der Waals surface area contributed by atoms with Crippen molar-refractivity contribution < 1.29 is 4.79 Å². The maximum atomic E-state index is 11.8. The summed E-state index contributed by atoms with van der Waals surface area (Å²) in [6.45, 7) is 4.57. The Hall–Kier alpha value is -2.67. The molecule has 0 atom stereocenters. The van der Waals surface area contributed by atoms with Gasteiger partial charge in [0.2, 0.25) is 5.91 Å². The van der Waals surface area contributed by atoms with Gasteiger partial charge < -0.3 is 5.32 Å². The number of aryl methyl sites for hydroxylation is 1. The number of nitrogens with zero attached hydrogens (tertiary/aromatic N) is 4. The van der Waals surface area contributed by atoms with E-state index in [1.807, 2.05) is 54.8 Å². The Morgan fingerprint density at radius 2 is 1.92 bits per heavy atom. The molecule has 0 spiro atoms. The molecule has 1 aromatic carbocycles. The van der Waals surface area contributed by atoms with E-state index in [2.05, 4.69) is 20.5 Å². The zero-order chi connectivity index (χ0) is 17.6. The SMILES string of the molecule is CCNC(=O)CSc1nnc(-c2ccncc2)n1-c1ccccc1C. The minimum Gasteiger partial charge on any atom is -0.356 e. The highest BCUT2D eigenvalue weighted by molar-refractivity contribution is 7.99. The summed E-state index contributed by atoms with van der Waals surface area (Å²) >= 11 is 1.38. The second-order valence-electron chi connectivity index (χ2n) is 5.41. The third-order valence-corrected chi connectivity index (χ3v) is 4.56. The van der Waals surface area contributed by atoms with Crippen molar-refractivity contribution in [2.24, 2.45) is 0 Å². The standard InChI is InChI=1S/C18H19N5OS/c1-3-20-16(24)12-25-18-22-21-17(14-8-10-19-11-9-14)23(18)15-7-5-4-6-13(15)2/h4-11H,3,12H2,1-2H3,(H,20,24). The van der Waals surface area contributed by atoms with Gasteiger partial charge in [0.25, 0.3) is 0 Å². The number of pyridine rings is 1. The summed E-state index contributed by atoms with van der Waals surface area (Å²) in [4.78, 5) is 15.9. The topological polar surface area (TPSA) is 72.7 Å². The van der Waals surface area contributed by atoms with Crippen molar-refractivity contribution >= 4 is 17.7 Å². The molecule has 0 saturated carbocycles. The van der Waals surface area contributed by atoms with Crippen LogP contribution in [0, 0.1) is 6.92 Å². The van der Waals surface area contributed by atoms with E-state index in [1.165, 1.54) is 11.8 Å². The molecule has 0 fully saturated rings. The molecular weight excluding hydrogens is 334 g/mol. The van der Waals surface area contributed by atoms with Gasteiger partial charge in [0.05, 0.1) is 11.4 Å². The van der Waals surface area contributed by atoms with Crippen LogP contribution in [0.4, 0.5) is 0 Å². The number of hydrogen-bond donors (Lipinski definition) is 1. The summed E-state index contributed by atoms with van der Waals surface area (Å²) in [5.74, 6) is 1.01. The molecule has 0 aliphatic rings. The highest BCUT2D eigenvalue weighted by atomic mass is 32.2. The first kappa shape index (κ1) is 17.2. The molecule has 1 amide bonds. The predicted molar refractivity (Wildman–Crippen MR) is 98.7 cm³/mol. The Labute approximate surface area is 150 Å². The van der Waals surface area contributed by atoms with Crippen LogP contribution in [0.15, 0.2) is 53.9 Å². The highest BCUT2D eigenvalue weighted by Gasteiger charge is 2.18. The third-order valence-electron chi connectivity index (χ3n) is 3.63. The normalized spacial score (nSPS) is 10.6. The van der Waals surface area contributed by atoms with E-state index >= 15 is 0 Å². The lowest BCUT2D eigenvalue weighted by atomic mass is 10.2. The molecule has 3 aromatic rings. The lowest BCUT2D eigenvalue weighted by Crippen LogP contribution is -2.24. The van der Waals surface area contributed by atoms with Gasteiger partial charge in [-0.1, -0.05) is 30.0 Å². The summed E-state index contributed by atoms with van der Waals surface area (Å²) in [5, 5.41) is 12.2. The second kappa shape index (κ2) is 7.94. The average molecular weight is 353 g/mol. The smallest absolute Gasteiger partial charge is 0.230 e. The maximum Gasteiger partial charge on any atom is 0.230 e. The molecule has 0 unspecified atom stereocenters. The largest absolute Gasteiger partial charge is 0.356 e. The molecule has 3 rings (SSSR count). The molecule has 6 nitrogen and oxygen atoms in total. The van der Waals surface area contributed by atoms with E-state index < -0.39 is 0 Å². The van der Waals surface area contributed by atoms with Crippen LogP contribution in [-0.2, 0) is 4.79 Å². The minimum absolute atomic E-state index is 0.0164. The monoisotopic (exact) mass is 353 g/mol. The summed E-state index contributed by atoms with van der Waals surface area (Å²) < 4.78 is 1.99. The Kier molecular flexibility index (Phi) is 5.45. The van der Waals surface area contributed by atoms with Crippen molar-refractivity contribution in [3.63, 3.8) is 0 Å². The molecular formula is C18H19N5OS. The first-order valence-corrected chi connectivity index (χ1v) is 9.00. The Balaban J connectivity index is 2.03. The Morgan fingerprint density at radius 3 is 2.64 bits per heavy atom. The molecule has 0 saturated heterocycles. The van der Waals surface area contributed by atoms with Crippen molar-refractivity contribution in [2.45, 2.75) is 19.0 Å². The van der Waals surface area contributed by atoms with E-state index in [9.17, 15) is 4.79 Å². The van der Waals surface area contributed by atoms with Gasteiger partial charge >= 0.3 is 0 Å². The number of nitrogens with one attached hydrogen (secondary N) is 1. The van der Waals surface area contributed by atoms with E-state index in [4.69, 9.17) is 0 Å². The molecule has 0 radical (unpaired) electrons. The van der Waals surface area contributed by atoms with Crippen LogP contribution >= 0.6 is 11.8 Å². The second-order valence-corrected chi connectivity index (χ2v) is 6.35. The van der Waals surface area contributed by atoms with Crippen molar-refractivity contribution in [2.75, 3.05) is 12.3 Å². The lowest BCUT2D eigenvalue weighted by Gasteiger charge is -2.12. The molecule has 0 aliphatic heterocycles. The van der Waals surface area contributed by atoms with Crippen LogP contribution in [-0.4, -0.2) is 38.0 Å². The molecule has 0 aliphatic carbocycles. The van der Waals surface area contributed by atoms with Crippen LogP contribution < -0.4 is 5.32 Å². The predicted octanol–water partition coefficient (Wildman–Crippen LogP) is 2.87.